The van der Waals surface area contributed by atoms with E-state index in [1.165, 1.54) is 6.07 Å². The van der Waals surface area contributed by atoms with Crippen molar-refractivity contribution < 1.29 is 71.9 Å². The molecule has 98 heavy (non-hydrogen) atoms. The average molecular weight is 1310 g/mol. The topological polar surface area (TPSA) is 222 Å². The van der Waals surface area contributed by atoms with Gasteiger partial charge in [-0.1, -0.05) is 111 Å². The third-order valence-electron chi connectivity index (χ3n) is 15.0. The van der Waals surface area contributed by atoms with Gasteiger partial charge in [0.1, 0.15) is 42.0 Å². The number of nitriles is 2. The number of carbonyl (C=O) groups excluding carboxylic acids is 4. The molecule has 0 fully saturated rings. The highest BCUT2D eigenvalue weighted by atomic mass is 17.2. The molecule has 0 spiro atoms. The first-order valence-electron chi connectivity index (χ1n) is 31.3. The van der Waals surface area contributed by atoms with Gasteiger partial charge < -0.3 is 38.0 Å². The molecule has 2 unspecified atom stereocenters. The summed E-state index contributed by atoms with van der Waals surface area (Å²) in [6.07, 6.45) is 0.469. The molecule has 18 nitrogen and oxygen atoms in total. The van der Waals surface area contributed by atoms with Crippen LogP contribution in [0.15, 0.2) is 237 Å². The van der Waals surface area contributed by atoms with Gasteiger partial charge >= 0.3 is 23.9 Å². The van der Waals surface area contributed by atoms with E-state index >= 15 is 0 Å². The Morgan fingerprint density at radius 3 is 1.18 bits per heavy atom. The predicted molar refractivity (Wildman–Crippen MR) is 363 cm³/mol. The minimum atomic E-state index is -0.703. The first kappa shape index (κ1) is 68.5. The van der Waals surface area contributed by atoms with Crippen molar-refractivity contribution in [2.45, 2.75) is 33.5 Å². The van der Waals surface area contributed by atoms with Crippen LogP contribution in [0.5, 0.6) is 34.5 Å². The zero-order chi connectivity index (χ0) is 68.4. The molecule has 0 saturated heterocycles. The van der Waals surface area contributed by atoms with Crippen LogP contribution >= 0.6 is 0 Å². The molecule has 0 aliphatic carbocycles. The molecule has 0 aliphatic rings. The molecule has 0 amide bonds. The number of ether oxygens (including phenoxy) is 7. The minimum Gasteiger partial charge on any atom is -0.494 e. The molecule has 0 bridgehead atoms. The smallest absolute Gasteiger partial charge is 0.343 e. The number of hydrogen-bond acceptors (Lipinski definition) is 17. The summed E-state index contributed by atoms with van der Waals surface area (Å²) in [6.45, 7) is 11.7. The molecule has 490 valence electrons. The Morgan fingerprint density at radius 2 is 0.755 bits per heavy atom. The Hall–Kier alpha value is -12.4. The summed E-state index contributed by atoms with van der Waals surface area (Å²) < 4.78 is 40.5. The van der Waals surface area contributed by atoms with E-state index in [0.29, 0.717) is 81.0 Å². The van der Waals surface area contributed by atoms with Crippen LogP contribution in [0.4, 0.5) is 5.69 Å². The van der Waals surface area contributed by atoms with Gasteiger partial charge in [-0.2, -0.15) is 15.4 Å². The predicted octanol–water partition coefficient (Wildman–Crippen LogP) is 16.6. The van der Waals surface area contributed by atoms with E-state index in [1.54, 1.807) is 121 Å². The molecule has 0 N–H and O–H groups in total. The lowest BCUT2D eigenvalue weighted by Gasteiger charge is -2.16. The fourth-order valence-electron chi connectivity index (χ4n) is 9.55. The van der Waals surface area contributed by atoms with Crippen molar-refractivity contribution in [1.29, 1.82) is 10.5 Å². The lowest BCUT2D eigenvalue weighted by molar-refractivity contribution is -0.304. The average Bonchev–Trinajstić information content (AvgIpc) is 1.13. The normalized spacial score (nSPS) is 11.3. The van der Waals surface area contributed by atoms with Gasteiger partial charge in [0.05, 0.1) is 91.7 Å². The molecular formula is C80H65N3O15. The van der Waals surface area contributed by atoms with Crippen molar-refractivity contribution in [1.82, 2.24) is 0 Å². The summed E-state index contributed by atoms with van der Waals surface area (Å²) in [4.78, 5) is 78.9. The Bertz CT molecular complexity index is 4230. The van der Waals surface area contributed by atoms with Gasteiger partial charge in [0, 0.05) is 18.3 Å². The molecule has 10 aromatic rings. The highest BCUT2D eigenvalue weighted by Crippen LogP contribution is 2.29. The maximum Gasteiger partial charge on any atom is 0.343 e. The molecule has 0 heterocycles. The van der Waals surface area contributed by atoms with Crippen molar-refractivity contribution in [2.24, 2.45) is 11.8 Å². The van der Waals surface area contributed by atoms with Crippen molar-refractivity contribution in [3.63, 3.8) is 0 Å². The largest absolute Gasteiger partial charge is 0.494 e. The summed E-state index contributed by atoms with van der Waals surface area (Å²) in [5.74, 6) is -0.172. The summed E-state index contributed by atoms with van der Waals surface area (Å²) in [5.41, 5.74) is 9.41. The van der Waals surface area contributed by atoms with E-state index in [4.69, 9.17) is 69.8 Å². The Balaban J connectivity index is 0.674. The van der Waals surface area contributed by atoms with Crippen LogP contribution in [0, 0.1) is 41.1 Å². The number of carbonyl (C=O) groups is 4. The van der Waals surface area contributed by atoms with Crippen molar-refractivity contribution in [2.75, 3.05) is 39.6 Å². The lowest BCUT2D eigenvalue weighted by atomic mass is 10.0. The Morgan fingerprint density at radius 1 is 0.378 bits per heavy atom. The number of nitrogens with zero attached hydrogens (tertiary/aromatic N) is 3. The molecule has 0 aromatic heterocycles. The van der Waals surface area contributed by atoms with E-state index in [9.17, 15) is 19.2 Å². The maximum atomic E-state index is 13.7. The van der Waals surface area contributed by atoms with E-state index in [0.717, 1.165) is 38.9 Å². The van der Waals surface area contributed by atoms with Crippen molar-refractivity contribution in [3.8, 4) is 80.0 Å². The van der Waals surface area contributed by atoms with E-state index in [-0.39, 0.29) is 69.2 Å². The highest BCUT2D eigenvalue weighted by Gasteiger charge is 2.20. The third kappa shape index (κ3) is 20.3. The standard InChI is InChI=1S/C80H65N3O15/c1-54(48-89-72-31-23-66(24-32-72)79(86)96-74-35-17-63(18-36-74)60-11-5-56(46-81)6-12-60)50-91-77(84)68-43-59(53-94-93-42-4-41-88-71-29-9-58(10-30-71)52-95-98-76-39-21-65(22-40-76)62-15-27-70(83-3)28-16-62)44-69(45-68)78(85)92-51-55(2)49-90-73-33-25-67(26-34-73)80(87)97-75-37-19-64(20-38-75)61-13-7-57(47-82)8-14-61/h5-40,43-45,54-55H,4,41-42,48-53H2,1-2H3. The van der Waals surface area contributed by atoms with Crippen LogP contribution in [0.25, 0.3) is 38.2 Å². The molecule has 18 heteroatoms. The van der Waals surface area contributed by atoms with Gasteiger partial charge in [0.15, 0.2) is 11.4 Å². The van der Waals surface area contributed by atoms with E-state index < -0.39 is 23.9 Å². The van der Waals surface area contributed by atoms with Crippen LogP contribution in [0.2, 0.25) is 0 Å². The van der Waals surface area contributed by atoms with Crippen LogP contribution in [-0.2, 0) is 37.4 Å². The lowest BCUT2D eigenvalue weighted by Crippen LogP contribution is -2.19. The van der Waals surface area contributed by atoms with Crippen molar-refractivity contribution in [3.05, 3.63) is 293 Å². The molecule has 0 saturated carbocycles. The molecule has 10 rings (SSSR count). The van der Waals surface area contributed by atoms with Crippen LogP contribution in [-0.4, -0.2) is 63.5 Å². The van der Waals surface area contributed by atoms with Gasteiger partial charge in [-0.3, -0.25) is 0 Å². The van der Waals surface area contributed by atoms with E-state index in [1.807, 2.05) is 123 Å². The quantitative estimate of drug-likeness (QED) is 0.00984. The summed E-state index contributed by atoms with van der Waals surface area (Å²) >= 11 is 0. The second-order valence-corrected chi connectivity index (χ2v) is 22.7. The zero-order valence-corrected chi connectivity index (χ0v) is 53.5. The number of benzene rings is 10. The Labute approximate surface area is 566 Å². The van der Waals surface area contributed by atoms with Gasteiger partial charge in [-0.25, -0.2) is 33.8 Å². The molecular weight excluding hydrogens is 1240 g/mol. The van der Waals surface area contributed by atoms with Crippen LogP contribution in [0.1, 0.15) is 84.0 Å². The molecule has 0 aliphatic heterocycles. The Kier molecular flexibility index (Phi) is 24.2. The zero-order valence-electron chi connectivity index (χ0n) is 53.5. The second-order valence-electron chi connectivity index (χ2n) is 22.7. The monoisotopic (exact) mass is 1310 g/mol. The van der Waals surface area contributed by atoms with Gasteiger partial charge in [0.25, 0.3) is 0 Å². The SMILES string of the molecule is [C-]#[N+]c1ccc(-c2ccc(OOCc3ccc(OCCCOOCc4cc(C(=O)OCC(C)COc5ccc(C(=O)Oc6ccc(-c7ccc(C#N)cc7)cc6)cc5)cc(C(=O)OCC(C)COc5ccc(C(=O)Oc6ccc(-c7ccc(C#N)cc7)cc6)cc5)c4)cc3)cc2)cc1. The summed E-state index contributed by atoms with van der Waals surface area (Å²) in [5, 5.41) is 18.2. The molecule has 10 aromatic carbocycles. The fourth-order valence-corrected chi connectivity index (χ4v) is 9.55. The highest BCUT2D eigenvalue weighted by molar-refractivity contribution is 5.96. The van der Waals surface area contributed by atoms with Crippen molar-refractivity contribution >= 4 is 29.6 Å². The van der Waals surface area contributed by atoms with Gasteiger partial charge in [-0.05, 0) is 184 Å². The number of hydrogen-bond donors (Lipinski definition) is 0. The first-order valence-corrected chi connectivity index (χ1v) is 31.3. The fraction of sp³-hybridized carbons (Fsp3) is 0.163. The van der Waals surface area contributed by atoms with Crippen LogP contribution in [0.3, 0.4) is 0 Å². The van der Waals surface area contributed by atoms with Gasteiger partial charge in [-0.15, -0.1) is 0 Å². The summed E-state index contributed by atoms with van der Waals surface area (Å²) in [7, 11) is 0. The maximum absolute atomic E-state index is 13.7. The molecule has 0 radical (unpaired) electrons. The first-order chi connectivity index (χ1) is 47.8. The van der Waals surface area contributed by atoms with E-state index in [2.05, 4.69) is 17.0 Å². The van der Waals surface area contributed by atoms with Crippen LogP contribution < -0.4 is 28.6 Å². The minimum absolute atomic E-state index is 0.0334. The number of rotatable bonds is 31. The second kappa shape index (κ2) is 34.7. The van der Waals surface area contributed by atoms with Gasteiger partial charge in [0.2, 0.25) is 0 Å². The summed E-state index contributed by atoms with van der Waals surface area (Å²) in [6, 6.07) is 72.4. The number of esters is 4. The third-order valence-corrected chi connectivity index (χ3v) is 15.0. The molecule has 2 atom stereocenters.